The summed E-state index contributed by atoms with van der Waals surface area (Å²) in [6.45, 7) is -2.55. The Kier molecular flexibility index (Phi) is 5.58. The Hall–Kier alpha value is -1.99. The highest BCUT2D eigenvalue weighted by atomic mass is 35.5. The van der Waals surface area contributed by atoms with E-state index in [2.05, 4.69) is 4.74 Å². The lowest BCUT2D eigenvalue weighted by Crippen LogP contribution is -2.26. The van der Waals surface area contributed by atoms with Gasteiger partial charge in [0.05, 0.1) is 23.7 Å². The molecule has 2 N–H and O–H groups in total. The molecule has 1 fully saturated rings. The third kappa shape index (κ3) is 4.40. The predicted octanol–water partition coefficient (Wildman–Crippen LogP) is 4.20. The van der Waals surface area contributed by atoms with Crippen molar-refractivity contribution in [2.24, 2.45) is 11.7 Å². The first-order valence-electron chi connectivity index (χ1n) is 7.89. The van der Waals surface area contributed by atoms with Gasteiger partial charge in [-0.3, -0.25) is 4.79 Å². The number of primary amides is 1. The SMILES string of the molecule is NC(=O)c1ccc(OC(F)F)c(OCC2CC2)c1N1C=C(Cl)C=C(Cl)C1. The van der Waals surface area contributed by atoms with Gasteiger partial charge < -0.3 is 20.1 Å². The summed E-state index contributed by atoms with van der Waals surface area (Å²) in [5.41, 5.74) is 5.75. The van der Waals surface area contributed by atoms with Crippen molar-refractivity contribution in [1.29, 1.82) is 0 Å². The maximum absolute atomic E-state index is 12.8. The fourth-order valence-corrected chi connectivity index (χ4v) is 3.14. The molecule has 0 aromatic heterocycles. The molecule has 3 rings (SSSR count). The smallest absolute Gasteiger partial charge is 0.387 e. The van der Waals surface area contributed by atoms with Gasteiger partial charge in [0, 0.05) is 11.2 Å². The van der Waals surface area contributed by atoms with Crippen LogP contribution >= 0.6 is 23.2 Å². The van der Waals surface area contributed by atoms with Crippen molar-refractivity contribution in [1.82, 2.24) is 0 Å². The third-order valence-corrected chi connectivity index (χ3v) is 4.35. The highest BCUT2D eigenvalue weighted by molar-refractivity contribution is 6.35. The fraction of sp³-hybridized carbons (Fsp3) is 0.353. The van der Waals surface area contributed by atoms with Crippen LogP contribution in [0.25, 0.3) is 0 Å². The van der Waals surface area contributed by atoms with E-state index in [1.807, 2.05) is 0 Å². The molecule has 9 heteroatoms. The zero-order valence-electron chi connectivity index (χ0n) is 13.6. The Morgan fingerprint density at radius 1 is 1.35 bits per heavy atom. The second-order valence-corrected chi connectivity index (χ2v) is 6.94. The van der Waals surface area contributed by atoms with E-state index in [0.717, 1.165) is 12.8 Å². The molecule has 0 radical (unpaired) electrons. The van der Waals surface area contributed by atoms with Gasteiger partial charge in [0.15, 0.2) is 11.5 Å². The van der Waals surface area contributed by atoms with E-state index in [0.29, 0.717) is 22.6 Å². The molecule has 140 valence electrons. The van der Waals surface area contributed by atoms with Crippen LogP contribution in [0, 0.1) is 5.92 Å². The lowest BCUT2D eigenvalue weighted by atomic mass is 10.1. The van der Waals surface area contributed by atoms with Crippen LogP contribution in [-0.4, -0.2) is 25.7 Å². The van der Waals surface area contributed by atoms with Crippen LogP contribution in [0.4, 0.5) is 14.5 Å². The first kappa shape index (κ1) is 18.8. The number of ether oxygens (including phenoxy) is 2. The quantitative estimate of drug-likeness (QED) is 0.739. The van der Waals surface area contributed by atoms with Crippen LogP contribution in [0.15, 0.2) is 34.5 Å². The first-order chi connectivity index (χ1) is 12.3. The van der Waals surface area contributed by atoms with Gasteiger partial charge in [0.1, 0.15) is 5.69 Å². The maximum Gasteiger partial charge on any atom is 0.387 e. The number of carbonyl (C=O) groups excluding carboxylic acids is 1. The molecule has 1 aliphatic heterocycles. The monoisotopic (exact) mass is 404 g/mol. The minimum atomic E-state index is -3.05. The van der Waals surface area contributed by atoms with Crippen molar-refractivity contribution in [2.75, 3.05) is 18.1 Å². The van der Waals surface area contributed by atoms with Gasteiger partial charge in [-0.15, -0.1) is 0 Å². The number of anilines is 1. The number of nitrogens with two attached hydrogens (primary N) is 1. The van der Waals surface area contributed by atoms with Gasteiger partial charge in [-0.2, -0.15) is 8.78 Å². The summed E-state index contributed by atoms with van der Waals surface area (Å²) in [5.74, 6) is -0.560. The van der Waals surface area contributed by atoms with Crippen molar-refractivity contribution >= 4 is 34.8 Å². The van der Waals surface area contributed by atoms with Crippen molar-refractivity contribution in [3.05, 3.63) is 40.0 Å². The van der Waals surface area contributed by atoms with Crippen LogP contribution < -0.4 is 20.1 Å². The summed E-state index contributed by atoms with van der Waals surface area (Å²) in [6, 6.07) is 2.55. The molecule has 1 aromatic carbocycles. The van der Waals surface area contributed by atoms with E-state index in [-0.39, 0.29) is 29.3 Å². The Bertz CT molecular complexity index is 780. The molecule has 2 aliphatic rings. The Morgan fingerprint density at radius 2 is 2.08 bits per heavy atom. The van der Waals surface area contributed by atoms with Gasteiger partial charge >= 0.3 is 6.61 Å². The number of hydrogen-bond donors (Lipinski definition) is 1. The van der Waals surface area contributed by atoms with E-state index in [9.17, 15) is 13.6 Å². The van der Waals surface area contributed by atoms with Gasteiger partial charge in [-0.05, 0) is 37.0 Å². The Morgan fingerprint density at radius 3 is 2.65 bits per heavy atom. The minimum Gasteiger partial charge on any atom is -0.487 e. The largest absolute Gasteiger partial charge is 0.487 e. The highest BCUT2D eigenvalue weighted by Crippen LogP contribution is 2.44. The summed E-state index contributed by atoms with van der Waals surface area (Å²) in [5, 5.41) is 0.714. The van der Waals surface area contributed by atoms with Crippen LogP contribution in [-0.2, 0) is 0 Å². The summed E-state index contributed by atoms with van der Waals surface area (Å²) < 4.78 is 36.0. The third-order valence-electron chi connectivity index (χ3n) is 3.92. The van der Waals surface area contributed by atoms with Gasteiger partial charge in [0.25, 0.3) is 5.91 Å². The average Bonchev–Trinajstić information content (AvgIpc) is 3.35. The maximum atomic E-state index is 12.8. The van der Waals surface area contributed by atoms with E-state index in [1.54, 1.807) is 6.08 Å². The summed E-state index contributed by atoms with van der Waals surface area (Å²) in [4.78, 5) is 13.4. The minimum absolute atomic E-state index is 0.0144. The molecule has 0 spiro atoms. The molecule has 0 saturated heterocycles. The lowest BCUT2D eigenvalue weighted by Gasteiger charge is -2.28. The number of allylic oxidation sites excluding steroid dienone is 2. The number of hydrogen-bond acceptors (Lipinski definition) is 4. The fourth-order valence-electron chi connectivity index (χ4n) is 2.58. The van der Waals surface area contributed by atoms with Gasteiger partial charge in [-0.1, -0.05) is 23.2 Å². The Balaban J connectivity index is 2.09. The van der Waals surface area contributed by atoms with Crippen LogP contribution in [0.5, 0.6) is 11.5 Å². The number of carbonyl (C=O) groups is 1. The molecule has 1 amide bonds. The van der Waals surface area contributed by atoms with Gasteiger partial charge in [-0.25, -0.2) is 0 Å². The average molecular weight is 405 g/mol. The highest BCUT2D eigenvalue weighted by Gasteiger charge is 2.29. The zero-order chi connectivity index (χ0) is 18.8. The predicted molar refractivity (Wildman–Crippen MR) is 95.0 cm³/mol. The molecule has 5 nitrogen and oxygen atoms in total. The summed E-state index contributed by atoms with van der Waals surface area (Å²) in [6.07, 6.45) is 5.07. The van der Waals surface area contributed by atoms with Crippen LogP contribution in [0.2, 0.25) is 0 Å². The zero-order valence-corrected chi connectivity index (χ0v) is 15.1. The molecular weight excluding hydrogens is 389 g/mol. The van der Waals surface area contributed by atoms with E-state index >= 15 is 0 Å². The second-order valence-electron chi connectivity index (χ2n) is 6.02. The standard InChI is InChI=1S/C17H16Cl2F2N2O3/c18-10-5-11(19)7-23(6-10)14-12(16(22)24)3-4-13(26-17(20)21)15(14)25-8-9-1-2-9/h3-6,9,17H,1-2,7-8H2,(H2,22,24). The molecule has 0 bridgehead atoms. The Labute approximate surface area is 158 Å². The van der Waals surface area contributed by atoms with Crippen molar-refractivity contribution < 1.29 is 23.0 Å². The van der Waals surface area contributed by atoms with Crippen LogP contribution in [0.3, 0.4) is 0 Å². The first-order valence-corrected chi connectivity index (χ1v) is 8.65. The second kappa shape index (κ2) is 7.72. The van der Waals surface area contributed by atoms with Crippen molar-refractivity contribution in [3.8, 4) is 11.5 Å². The van der Waals surface area contributed by atoms with E-state index in [1.165, 1.54) is 23.2 Å². The summed E-state index contributed by atoms with van der Waals surface area (Å²) >= 11 is 12.1. The molecule has 0 unspecified atom stereocenters. The van der Waals surface area contributed by atoms with Crippen molar-refractivity contribution in [3.63, 3.8) is 0 Å². The summed E-state index contributed by atoms with van der Waals surface area (Å²) in [7, 11) is 0. The normalized spacial score (nSPS) is 17.0. The molecular formula is C17H16Cl2F2N2O3. The van der Waals surface area contributed by atoms with E-state index < -0.39 is 12.5 Å². The number of nitrogens with zero attached hydrogens (tertiary/aromatic N) is 1. The number of halogens is 4. The molecule has 1 heterocycles. The van der Waals surface area contributed by atoms with Crippen LogP contribution in [0.1, 0.15) is 23.2 Å². The number of rotatable bonds is 7. The molecule has 1 aliphatic carbocycles. The molecule has 1 saturated carbocycles. The number of alkyl halides is 2. The molecule has 0 atom stereocenters. The molecule has 26 heavy (non-hydrogen) atoms. The number of amides is 1. The van der Waals surface area contributed by atoms with Crippen molar-refractivity contribution in [2.45, 2.75) is 19.5 Å². The topological polar surface area (TPSA) is 64.8 Å². The number of benzene rings is 1. The lowest BCUT2D eigenvalue weighted by molar-refractivity contribution is -0.0514. The van der Waals surface area contributed by atoms with Gasteiger partial charge in [0.2, 0.25) is 0 Å². The van der Waals surface area contributed by atoms with E-state index in [4.69, 9.17) is 33.7 Å². The molecule has 1 aromatic rings.